The van der Waals surface area contributed by atoms with Gasteiger partial charge in [0.05, 0.1) is 5.75 Å². The van der Waals surface area contributed by atoms with E-state index in [1.54, 1.807) is 7.05 Å². The summed E-state index contributed by atoms with van der Waals surface area (Å²) in [6.07, 6.45) is 0. The lowest BCUT2D eigenvalue weighted by Gasteiger charge is -2.17. The van der Waals surface area contributed by atoms with Crippen molar-refractivity contribution >= 4 is 10.0 Å². The summed E-state index contributed by atoms with van der Waals surface area (Å²) in [7, 11) is -1.74. The van der Waals surface area contributed by atoms with Crippen LogP contribution in [0.3, 0.4) is 0 Å². The molecule has 0 aliphatic rings. The fourth-order valence-corrected chi connectivity index (χ4v) is 3.27. The van der Waals surface area contributed by atoms with Crippen LogP contribution in [0.1, 0.15) is 16.7 Å². The Morgan fingerprint density at radius 3 is 2.24 bits per heavy atom. The third-order valence-corrected chi connectivity index (χ3v) is 5.08. The van der Waals surface area contributed by atoms with E-state index in [2.05, 4.69) is 0 Å². The highest BCUT2D eigenvalue weighted by Crippen LogP contribution is 2.14. The fraction of sp³-hybridized carbons (Fsp3) is 0.250. The molecule has 0 aromatic heterocycles. The smallest absolute Gasteiger partial charge is 0.218 e. The molecule has 4 nitrogen and oxygen atoms in total. The van der Waals surface area contributed by atoms with Crippen LogP contribution in [-0.2, 0) is 28.9 Å². The molecule has 0 aliphatic carbocycles. The van der Waals surface area contributed by atoms with Crippen molar-refractivity contribution in [2.75, 3.05) is 7.05 Å². The van der Waals surface area contributed by atoms with Crippen molar-refractivity contribution < 1.29 is 8.42 Å². The van der Waals surface area contributed by atoms with E-state index in [9.17, 15) is 8.42 Å². The third kappa shape index (κ3) is 4.39. The number of nitrogens with two attached hydrogens (primary N) is 1. The molecular weight excluding hydrogens is 284 g/mol. The zero-order valence-electron chi connectivity index (χ0n) is 12.1. The van der Waals surface area contributed by atoms with Gasteiger partial charge >= 0.3 is 0 Å². The molecule has 21 heavy (non-hydrogen) atoms. The Morgan fingerprint density at radius 1 is 0.952 bits per heavy atom. The average Bonchev–Trinajstić information content (AvgIpc) is 2.48. The van der Waals surface area contributed by atoms with Crippen LogP contribution in [0.25, 0.3) is 0 Å². The standard InChI is InChI=1S/C16H20N2O2S/c1-18(12-14-6-3-2-4-7-14)21(19,20)13-16-9-5-8-15(10-16)11-17/h2-10H,11-13,17H2,1H3. The van der Waals surface area contributed by atoms with Crippen LogP contribution in [0.2, 0.25) is 0 Å². The quantitative estimate of drug-likeness (QED) is 0.889. The van der Waals surface area contributed by atoms with Gasteiger partial charge in [0.25, 0.3) is 0 Å². The van der Waals surface area contributed by atoms with E-state index in [4.69, 9.17) is 5.73 Å². The van der Waals surface area contributed by atoms with Crippen molar-refractivity contribution in [2.24, 2.45) is 5.73 Å². The van der Waals surface area contributed by atoms with Gasteiger partial charge in [0.15, 0.2) is 0 Å². The summed E-state index contributed by atoms with van der Waals surface area (Å²) in [5.41, 5.74) is 8.26. The molecule has 2 rings (SSSR count). The molecule has 2 N–H and O–H groups in total. The van der Waals surface area contributed by atoms with Gasteiger partial charge in [-0.25, -0.2) is 12.7 Å². The molecule has 0 saturated heterocycles. The fourth-order valence-electron chi connectivity index (χ4n) is 2.11. The van der Waals surface area contributed by atoms with Crippen molar-refractivity contribution in [3.63, 3.8) is 0 Å². The summed E-state index contributed by atoms with van der Waals surface area (Å²) in [5, 5.41) is 0. The van der Waals surface area contributed by atoms with Crippen LogP contribution in [0.4, 0.5) is 0 Å². The monoisotopic (exact) mass is 304 g/mol. The number of rotatable bonds is 6. The largest absolute Gasteiger partial charge is 0.326 e. The van der Waals surface area contributed by atoms with E-state index in [1.807, 2.05) is 54.6 Å². The second kappa shape index (κ2) is 6.85. The average molecular weight is 304 g/mol. The maximum atomic E-state index is 12.4. The zero-order valence-corrected chi connectivity index (χ0v) is 12.9. The topological polar surface area (TPSA) is 63.4 Å². The molecule has 0 spiro atoms. The lowest BCUT2D eigenvalue weighted by Crippen LogP contribution is -2.27. The molecule has 2 aromatic rings. The SMILES string of the molecule is CN(Cc1ccccc1)S(=O)(=O)Cc1cccc(CN)c1. The van der Waals surface area contributed by atoms with Gasteiger partial charge in [-0.2, -0.15) is 0 Å². The Balaban J connectivity index is 2.10. The molecule has 0 amide bonds. The third-order valence-electron chi connectivity index (χ3n) is 3.30. The Morgan fingerprint density at radius 2 is 1.57 bits per heavy atom. The summed E-state index contributed by atoms with van der Waals surface area (Å²) >= 11 is 0. The van der Waals surface area contributed by atoms with Crippen LogP contribution in [-0.4, -0.2) is 19.8 Å². The molecule has 0 aliphatic heterocycles. The Bertz CT molecular complexity index is 684. The van der Waals surface area contributed by atoms with Crippen LogP contribution < -0.4 is 5.73 Å². The first kappa shape index (κ1) is 15.7. The van der Waals surface area contributed by atoms with Gasteiger partial charge < -0.3 is 5.73 Å². The van der Waals surface area contributed by atoms with Crippen LogP contribution in [0, 0.1) is 0 Å². The first-order valence-corrected chi connectivity index (χ1v) is 8.38. The van der Waals surface area contributed by atoms with Crippen molar-refractivity contribution in [3.05, 3.63) is 71.3 Å². The lowest BCUT2D eigenvalue weighted by molar-refractivity contribution is 0.466. The molecule has 0 radical (unpaired) electrons. The van der Waals surface area contributed by atoms with Gasteiger partial charge in [-0.1, -0.05) is 54.6 Å². The van der Waals surface area contributed by atoms with Crippen molar-refractivity contribution in [3.8, 4) is 0 Å². The Kier molecular flexibility index (Phi) is 5.12. The predicted octanol–water partition coefficient (Wildman–Crippen LogP) is 2.11. The highest BCUT2D eigenvalue weighted by atomic mass is 32.2. The molecule has 0 saturated carbocycles. The lowest BCUT2D eigenvalue weighted by atomic mass is 10.1. The number of benzene rings is 2. The maximum Gasteiger partial charge on any atom is 0.218 e. The Labute approximate surface area is 126 Å². The second-order valence-electron chi connectivity index (χ2n) is 5.02. The molecule has 0 fully saturated rings. The van der Waals surface area contributed by atoms with E-state index in [-0.39, 0.29) is 5.75 Å². The number of nitrogens with zero attached hydrogens (tertiary/aromatic N) is 1. The molecule has 2 aromatic carbocycles. The van der Waals surface area contributed by atoms with Crippen molar-refractivity contribution in [2.45, 2.75) is 18.8 Å². The van der Waals surface area contributed by atoms with E-state index in [1.165, 1.54) is 4.31 Å². The molecular formula is C16H20N2O2S. The number of hydrogen-bond acceptors (Lipinski definition) is 3. The molecule has 0 heterocycles. The molecule has 5 heteroatoms. The molecule has 112 valence electrons. The minimum absolute atomic E-state index is 0.00975. The van der Waals surface area contributed by atoms with Crippen LogP contribution in [0.15, 0.2) is 54.6 Å². The van der Waals surface area contributed by atoms with Crippen molar-refractivity contribution in [1.29, 1.82) is 0 Å². The van der Waals surface area contributed by atoms with E-state index < -0.39 is 10.0 Å². The van der Waals surface area contributed by atoms with Gasteiger partial charge in [0.1, 0.15) is 0 Å². The first-order chi connectivity index (χ1) is 10.0. The Hall–Kier alpha value is -1.69. The van der Waals surface area contributed by atoms with E-state index in [0.29, 0.717) is 13.1 Å². The zero-order chi connectivity index (χ0) is 15.3. The maximum absolute atomic E-state index is 12.4. The molecule has 0 unspecified atom stereocenters. The van der Waals surface area contributed by atoms with Crippen LogP contribution in [0.5, 0.6) is 0 Å². The van der Waals surface area contributed by atoms with Gasteiger partial charge in [0.2, 0.25) is 10.0 Å². The summed E-state index contributed by atoms with van der Waals surface area (Å²) in [6.45, 7) is 0.785. The normalized spacial score (nSPS) is 11.8. The van der Waals surface area contributed by atoms with Gasteiger partial charge in [-0.05, 0) is 16.7 Å². The minimum Gasteiger partial charge on any atom is -0.326 e. The molecule has 0 atom stereocenters. The predicted molar refractivity (Wildman–Crippen MR) is 84.9 cm³/mol. The summed E-state index contributed by atoms with van der Waals surface area (Å²) in [5.74, 6) is -0.00975. The molecule has 0 bridgehead atoms. The van der Waals surface area contributed by atoms with Crippen molar-refractivity contribution in [1.82, 2.24) is 4.31 Å². The van der Waals surface area contributed by atoms with E-state index >= 15 is 0 Å². The van der Waals surface area contributed by atoms with Gasteiger partial charge in [0, 0.05) is 20.1 Å². The van der Waals surface area contributed by atoms with E-state index in [0.717, 1.165) is 16.7 Å². The summed E-state index contributed by atoms with van der Waals surface area (Å²) in [6, 6.07) is 16.9. The first-order valence-electron chi connectivity index (χ1n) is 6.77. The minimum atomic E-state index is -3.34. The van der Waals surface area contributed by atoms with Gasteiger partial charge in [-0.3, -0.25) is 0 Å². The number of sulfonamides is 1. The highest BCUT2D eigenvalue weighted by Gasteiger charge is 2.18. The number of hydrogen-bond donors (Lipinski definition) is 1. The van der Waals surface area contributed by atoms with Gasteiger partial charge in [-0.15, -0.1) is 0 Å². The second-order valence-corrected chi connectivity index (χ2v) is 7.10. The summed E-state index contributed by atoms with van der Waals surface area (Å²) in [4.78, 5) is 0. The summed E-state index contributed by atoms with van der Waals surface area (Å²) < 4.78 is 26.2. The highest BCUT2D eigenvalue weighted by molar-refractivity contribution is 7.88. The van der Waals surface area contributed by atoms with Crippen LogP contribution >= 0.6 is 0 Å².